The normalized spacial score (nSPS) is 20.5. The van der Waals surface area contributed by atoms with Gasteiger partial charge >= 0.3 is 15.6 Å². The summed E-state index contributed by atoms with van der Waals surface area (Å²) in [6.07, 6.45) is -0.828. The third kappa shape index (κ3) is 2.65. The van der Waals surface area contributed by atoms with Crippen molar-refractivity contribution >= 4 is 21.9 Å². The van der Waals surface area contributed by atoms with E-state index in [1.165, 1.54) is 11.8 Å². The lowest BCUT2D eigenvalue weighted by molar-refractivity contribution is -0.0577. The molecule has 2 rings (SSSR count). The van der Waals surface area contributed by atoms with Crippen LogP contribution in [0.15, 0.2) is 29.2 Å². The molecule has 0 saturated heterocycles. The topological polar surface area (TPSA) is 43.4 Å². The van der Waals surface area contributed by atoms with Crippen molar-refractivity contribution in [2.24, 2.45) is 0 Å². The van der Waals surface area contributed by atoms with Gasteiger partial charge in [0.2, 0.25) is 0 Å². The molecule has 0 amide bonds. The Labute approximate surface area is 106 Å². The van der Waals surface area contributed by atoms with Gasteiger partial charge in [-0.3, -0.25) is 4.18 Å². The molecule has 0 aromatic heterocycles. The summed E-state index contributed by atoms with van der Waals surface area (Å²) in [5.41, 5.74) is -4.89. The van der Waals surface area contributed by atoms with E-state index in [9.17, 15) is 21.6 Å². The summed E-state index contributed by atoms with van der Waals surface area (Å²) in [4.78, 5) is 0.756. The first kappa shape index (κ1) is 13.7. The number of benzene rings is 1. The van der Waals surface area contributed by atoms with Crippen molar-refractivity contribution in [3.05, 3.63) is 29.8 Å². The fourth-order valence-corrected chi connectivity index (χ4v) is 3.32. The maximum atomic E-state index is 12.2. The zero-order valence-electron chi connectivity index (χ0n) is 8.98. The molecule has 1 aromatic rings. The van der Waals surface area contributed by atoms with Gasteiger partial charge in [0, 0.05) is 10.6 Å². The van der Waals surface area contributed by atoms with Gasteiger partial charge < -0.3 is 0 Å². The van der Waals surface area contributed by atoms with E-state index in [0.717, 1.165) is 4.90 Å². The number of hydrogen-bond donors (Lipinski definition) is 0. The van der Waals surface area contributed by atoms with Crippen LogP contribution in [0.4, 0.5) is 13.2 Å². The van der Waals surface area contributed by atoms with E-state index in [4.69, 9.17) is 0 Å². The Kier molecular flexibility index (Phi) is 3.61. The van der Waals surface area contributed by atoms with E-state index in [1.54, 1.807) is 24.3 Å². The van der Waals surface area contributed by atoms with Crippen molar-refractivity contribution < 1.29 is 25.8 Å². The highest BCUT2D eigenvalue weighted by molar-refractivity contribution is 7.99. The summed E-state index contributed by atoms with van der Waals surface area (Å²) in [5, 5.41) is 0. The van der Waals surface area contributed by atoms with Crippen LogP contribution in [0.1, 0.15) is 18.1 Å². The molecule has 1 atom stereocenters. The maximum Gasteiger partial charge on any atom is 0.523 e. The first-order valence-corrected chi connectivity index (χ1v) is 7.42. The second kappa shape index (κ2) is 4.75. The zero-order chi connectivity index (χ0) is 13.4. The molecule has 1 aliphatic rings. The molecule has 1 unspecified atom stereocenters. The smallest absolute Gasteiger partial charge is 0.255 e. The van der Waals surface area contributed by atoms with Gasteiger partial charge in [-0.05, 0) is 18.1 Å². The van der Waals surface area contributed by atoms with Crippen molar-refractivity contribution in [1.29, 1.82) is 0 Å². The molecule has 18 heavy (non-hydrogen) atoms. The van der Waals surface area contributed by atoms with Crippen LogP contribution in [0.2, 0.25) is 0 Å². The molecule has 1 aliphatic heterocycles. The second-order valence-corrected chi connectivity index (χ2v) is 6.36. The molecular weight excluding hydrogens is 289 g/mol. The SMILES string of the molecule is O=S(=O)(OC1CCSc2ccccc21)C(F)(F)F. The van der Waals surface area contributed by atoms with Gasteiger partial charge in [0.15, 0.2) is 0 Å². The van der Waals surface area contributed by atoms with Crippen molar-refractivity contribution in [3.63, 3.8) is 0 Å². The third-order valence-electron chi connectivity index (χ3n) is 2.43. The first-order valence-electron chi connectivity index (χ1n) is 5.02. The Bertz CT molecular complexity index is 540. The molecule has 0 radical (unpaired) electrons. The third-order valence-corrected chi connectivity index (χ3v) is 4.61. The molecule has 100 valence electrons. The minimum Gasteiger partial charge on any atom is -0.255 e. The number of halogens is 3. The number of alkyl halides is 3. The average Bonchev–Trinajstić information content (AvgIpc) is 2.27. The van der Waals surface area contributed by atoms with Crippen LogP contribution < -0.4 is 0 Å². The summed E-state index contributed by atoms with van der Waals surface area (Å²) in [6.45, 7) is 0. The van der Waals surface area contributed by atoms with Crippen molar-refractivity contribution in [3.8, 4) is 0 Å². The lowest BCUT2D eigenvalue weighted by Crippen LogP contribution is -2.28. The Hall–Kier alpha value is -0.730. The van der Waals surface area contributed by atoms with Gasteiger partial charge in [0.25, 0.3) is 0 Å². The summed E-state index contributed by atoms with van der Waals surface area (Å²) < 4.78 is 63.0. The fourth-order valence-electron chi connectivity index (χ4n) is 1.62. The molecule has 0 N–H and O–H groups in total. The fraction of sp³-hybridized carbons (Fsp3) is 0.400. The number of rotatable bonds is 2. The van der Waals surface area contributed by atoms with E-state index in [1.807, 2.05) is 0 Å². The highest BCUT2D eigenvalue weighted by atomic mass is 32.2. The molecule has 0 aliphatic carbocycles. The summed E-state index contributed by atoms with van der Waals surface area (Å²) in [5.74, 6) is 0.523. The van der Waals surface area contributed by atoms with Gasteiger partial charge in [-0.1, -0.05) is 18.2 Å². The summed E-state index contributed by atoms with van der Waals surface area (Å²) in [7, 11) is -5.55. The molecule has 0 saturated carbocycles. The van der Waals surface area contributed by atoms with E-state index in [-0.39, 0.29) is 6.42 Å². The van der Waals surface area contributed by atoms with Crippen molar-refractivity contribution in [2.45, 2.75) is 22.9 Å². The lowest BCUT2D eigenvalue weighted by atomic mass is 10.1. The molecule has 1 aromatic carbocycles. The predicted octanol–water partition coefficient (Wildman–Crippen LogP) is 3.09. The molecule has 0 spiro atoms. The minimum absolute atomic E-state index is 0.233. The summed E-state index contributed by atoms with van der Waals surface area (Å²) in [6, 6.07) is 6.70. The van der Waals surface area contributed by atoms with Crippen LogP contribution in [0, 0.1) is 0 Å². The monoisotopic (exact) mass is 298 g/mol. The van der Waals surface area contributed by atoms with E-state index < -0.39 is 21.7 Å². The van der Waals surface area contributed by atoms with E-state index in [2.05, 4.69) is 4.18 Å². The zero-order valence-corrected chi connectivity index (χ0v) is 10.6. The standard InChI is InChI=1S/C10H9F3O3S2/c11-10(12,13)18(14,15)16-8-5-6-17-9-4-2-1-3-7(8)9/h1-4,8H,5-6H2. The average molecular weight is 298 g/mol. The molecular formula is C10H9F3O3S2. The Balaban J connectivity index is 2.28. The van der Waals surface area contributed by atoms with Crippen LogP contribution in [0.3, 0.4) is 0 Å². The molecule has 0 fully saturated rings. The Morgan fingerprint density at radius 3 is 2.61 bits per heavy atom. The van der Waals surface area contributed by atoms with Gasteiger partial charge in [-0.25, -0.2) is 0 Å². The second-order valence-electron chi connectivity index (χ2n) is 3.66. The summed E-state index contributed by atoms with van der Waals surface area (Å²) >= 11 is 1.47. The van der Waals surface area contributed by atoms with Gasteiger partial charge in [-0.15, -0.1) is 11.8 Å². The number of fused-ring (bicyclic) bond motifs is 1. The molecule has 1 heterocycles. The van der Waals surface area contributed by atoms with Crippen LogP contribution in [-0.2, 0) is 14.3 Å². The van der Waals surface area contributed by atoms with Crippen LogP contribution >= 0.6 is 11.8 Å². The van der Waals surface area contributed by atoms with Gasteiger partial charge in [0.1, 0.15) is 6.10 Å². The highest BCUT2D eigenvalue weighted by Crippen LogP contribution is 2.40. The predicted molar refractivity (Wildman–Crippen MR) is 60.6 cm³/mol. The largest absolute Gasteiger partial charge is 0.523 e. The van der Waals surface area contributed by atoms with E-state index >= 15 is 0 Å². The Morgan fingerprint density at radius 2 is 1.94 bits per heavy atom. The molecule has 3 nitrogen and oxygen atoms in total. The maximum absolute atomic E-state index is 12.2. The number of hydrogen-bond acceptors (Lipinski definition) is 4. The van der Waals surface area contributed by atoms with Crippen LogP contribution in [0.25, 0.3) is 0 Å². The Morgan fingerprint density at radius 1 is 1.28 bits per heavy atom. The van der Waals surface area contributed by atoms with Crippen LogP contribution in [-0.4, -0.2) is 19.7 Å². The quantitative estimate of drug-likeness (QED) is 0.621. The lowest BCUT2D eigenvalue weighted by Gasteiger charge is -2.24. The van der Waals surface area contributed by atoms with E-state index in [0.29, 0.717) is 11.3 Å². The number of thioether (sulfide) groups is 1. The minimum atomic E-state index is -5.55. The molecule has 8 heteroatoms. The first-order chi connectivity index (χ1) is 8.31. The highest BCUT2D eigenvalue weighted by Gasteiger charge is 2.49. The van der Waals surface area contributed by atoms with Gasteiger partial charge in [-0.2, -0.15) is 21.6 Å². The van der Waals surface area contributed by atoms with Gasteiger partial charge in [0.05, 0.1) is 0 Å². The molecule has 0 bridgehead atoms. The van der Waals surface area contributed by atoms with Crippen molar-refractivity contribution in [1.82, 2.24) is 0 Å². The van der Waals surface area contributed by atoms with Crippen LogP contribution in [0.5, 0.6) is 0 Å². The van der Waals surface area contributed by atoms with Crippen molar-refractivity contribution in [2.75, 3.05) is 5.75 Å².